The van der Waals surface area contributed by atoms with Gasteiger partial charge in [-0.25, -0.2) is 0 Å². The minimum atomic E-state index is 0.804. The second-order valence-electron chi connectivity index (χ2n) is 5.14. The van der Waals surface area contributed by atoms with Crippen molar-refractivity contribution >= 4 is 21.6 Å². The molecule has 0 aliphatic carbocycles. The van der Waals surface area contributed by atoms with Gasteiger partial charge in [-0.05, 0) is 66.6 Å². The molecule has 1 aromatic carbocycles. The van der Waals surface area contributed by atoms with Gasteiger partial charge in [0.2, 0.25) is 0 Å². The quantitative estimate of drug-likeness (QED) is 0.848. The molecule has 1 heterocycles. The third kappa shape index (κ3) is 3.97. The molecule has 18 heavy (non-hydrogen) atoms. The number of halogens is 1. The number of likely N-dealkylation sites (N-methyl/N-ethyl adjacent to an activating group) is 1. The van der Waals surface area contributed by atoms with Crippen LogP contribution in [-0.2, 0) is 6.54 Å². The summed E-state index contributed by atoms with van der Waals surface area (Å²) in [7, 11) is 2.18. The summed E-state index contributed by atoms with van der Waals surface area (Å²) in [6.07, 6.45) is 2.74. The van der Waals surface area contributed by atoms with E-state index in [1.165, 1.54) is 38.0 Å². The molecule has 0 bridgehead atoms. The lowest BCUT2D eigenvalue weighted by Gasteiger charge is -2.21. The Morgan fingerprint density at radius 1 is 1.33 bits per heavy atom. The van der Waals surface area contributed by atoms with Crippen molar-refractivity contribution in [1.82, 2.24) is 9.80 Å². The van der Waals surface area contributed by atoms with Gasteiger partial charge in [-0.15, -0.1) is 0 Å². The second kappa shape index (κ2) is 6.55. The SMILES string of the molecule is CN(CCN1CCCC1)Cc1ccc(N)c(Br)c1. The van der Waals surface area contributed by atoms with Crippen LogP contribution in [0, 0.1) is 0 Å². The molecule has 3 nitrogen and oxygen atoms in total. The Bertz CT molecular complexity index is 389. The molecule has 0 unspecified atom stereocenters. The van der Waals surface area contributed by atoms with Gasteiger partial charge in [0.15, 0.2) is 0 Å². The number of hydrogen-bond donors (Lipinski definition) is 1. The van der Waals surface area contributed by atoms with Crippen molar-refractivity contribution in [2.45, 2.75) is 19.4 Å². The Morgan fingerprint density at radius 3 is 2.72 bits per heavy atom. The molecular formula is C14H22BrN3. The maximum absolute atomic E-state index is 5.79. The lowest BCUT2D eigenvalue weighted by molar-refractivity contribution is 0.252. The fraction of sp³-hybridized carbons (Fsp3) is 0.571. The average Bonchev–Trinajstić information content (AvgIpc) is 2.84. The lowest BCUT2D eigenvalue weighted by atomic mass is 10.2. The molecule has 1 aliphatic heterocycles. The Kier molecular flexibility index (Phi) is 5.03. The summed E-state index contributed by atoms with van der Waals surface area (Å²) in [6, 6.07) is 6.18. The van der Waals surface area contributed by atoms with Gasteiger partial charge in [0, 0.05) is 29.8 Å². The zero-order valence-electron chi connectivity index (χ0n) is 11.0. The van der Waals surface area contributed by atoms with E-state index in [0.717, 1.165) is 23.2 Å². The molecule has 0 saturated carbocycles. The Morgan fingerprint density at radius 2 is 2.06 bits per heavy atom. The summed E-state index contributed by atoms with van der Waals surface area (Å²) in [5, 5.41) is 0. The van der Waals surface area contributed by atoms with Crippen molar-refractivity contribution in [3.63, 3.8) is 0 Å². The summed E-state index contributed by atoms with van der Waals surface area (Å²) in [5.74, 6) is 0. The number of anilines is 1. The minimum absolute atomic E-state index is 0.804. The molecular weight excluding hydrogens is 290 g/mol. The van der Waals surface area contributed by atoms with E-state index in [4.69, 9.17) is 5.73 Å². The van der Waals surface area contributed by atoms with E-state index >= 15 is 0 Å². The highest BCUT2D eigenvalue weighted by atomic mass is 79.9. The molecule has 0 radical (unpaired) electrons. The van der Waals surface area contributed by atoms with Gasteiger partial charge in [-0.2, -0.15) is 0 Å². The standard InChI is InChI=1S/C14H22BrN3/c1-17(8-9-18-6-2-3-7-18)11-12-4-5-14(16)13(15)10-12/h4-5,10H,2-3,6-9,11,16H2,1H3. The van der Waals surface area contributed by atoms with Crippen molar-refractivity contribution < 1.29 is 0 Å². The number of rotatable bonds is 5. The Hall–Kier alpha value is -0.580. The van der Waals surface area contributed by atoms with Crippen LogP contribution in [0.15, 0.2) is 22.7 Å². The highest BCUT2D eigenvalue weighted by Crippen LogP contribution is 2.21. The molecule has 1 saturated heterocycles. The van der Waals surface area contributed by atoms with Crippen LogP contribution in [0.3, 0.4) is 0 Å². The molecule has 0 amide bonds. The van der Waals surface area contributed by atoms with E-state index in [2.05, 4.69) is 44.9 Å². The molecule has 1 aromatic rings. The Labute approximate surface area is 118 Å². The fourth-order valence-corrected chi connectivity index (χ4v) is 2.80. The van der Waals surface area contributed by atoms with Crippen LogP contribution in [0.25, 0.3) is 0 Å². The van der Waals surface area contributed by atoms with Crippen LogP contribution in [0.2, 0.25) is 0 Å². The van der Waals surface area contributed by atoms with E-state index in [-0.39, 0.29) is 0 Å². The predicted molar refractivity (Wildman–Crippen MR) is 80.6 cm³/mol. The van der Waals surface area contributed by atoms with Crippen LogP contribution in [-0.4, -0.2) is 43.0 Å². The maximum Gasteiger partial charge on any atom is 0.0458 e. The van der Waals surface area contributed by atoms with Crippen molar-refractivity contribution in [2.24, 2.45) is 0 Å². The number of benzene rings is 1. The summed E-state index contributed by atoms with van der Waals surface area (Å²) in [6.45, 7) is 5.85. The smallest absolute Gasteiger partial charge is 0.0458 e. The zero-order chi connectivity index (χ0) is 13.0. The third-order valence-electron chi connectivity index (χ3n) is 3.51. The topological polar surface area (TPSA) is 32.5 Å². The number of hydrogen-bond acceptors (Lipinski definition) is 3. The maximum atomic E-state index is 5.79. The predicted octanol–water partition coefficient (Wildman–Crippen LogP) is 2.56. The zero-order valence-corrected chi connectivity index (χ0v) is 12.6. The van der Waals surface area contributed by atoms with E-state index in [1.807, 2.05) is 6.07 Å². The number of likely N-dealkylation sites (tertiary alicyclic amines) is 1. The van der Waals surface area contributed by atoms with E-state index in [0.29, 0.717) is 0 Å². The van der Waals surface area contributed by atoms with Crippen LogP contribution in [0.5, 0.6) is 0 Å². The molecule has 2 rings (SSSR count). The first-order chi connectivity index (χ1) is 8.65. The molecule has 2 N–H and O–H groups in total. The molecule has 0 atom stereocenters. The first-order valence-corrected chi connectivity index (χ1v) is 7.39. The largest absolute Gasteiger partial charge is 0.398 e. The summed E-state index contributed by atoms with van der Waals surface area (Å²) in [4.78, 5) is 4.92. The monoisotopic (exact) mass is 311 g/mol. The molecule has 1 fully saturated rings. The molecule has 4 heteroatoms. The van der Waals surface area contributed by atoms with Gasteiger partial charge in [-0.1, -0.05) is 6.07 Å². The molecule has 100 valence electrons. The third-order valence-corrected chi connectivity index (χ3v) is 4.20. The number of nitrogens with zero attached hydrogens (tertiary/aromatic N) is 2. The summed E-state index contributed by atoms with van der Waals surface area (Å²) in [5.41, 5.74) is 7.90. The van der Waals surface area contributed by atoms with Crippen LogP contribution in [0.1, 0.15) is 18.4 Å². The minimum Gasteiger partial charge on any atom is -0.398 e. The first-order valence-electron chi connectivity index (χ1n) is 6.60. The second-order valence-corrected chi connectivity index (χ2v) is 6.00. The average molecular weight is 312 g/mol. The highest BCUT2D eigenvalue weighted by molar-refractivity contribution is 9.10. The van der Waals surface area contributed by atoms with Crippen molar-refractivity contribution in [2.75, 3.05) is 39.0 Å². The normalized spacial score (nSPS) is 16.6. The van der Waals surface area contributed by atoms with E-state index in [1.54, 1.807) is 0 Å². The molecule has 0 spiro atoms. The van der Waals surface area contributed by atoms with E-state index < -0.39 is 0 Å². The summed E-state index contributed by atoms with van der Waals surface area (Å²) < 4.78 is 0.993. The number of nitrogens with two attached hydrogens (primary N) is 1. The van der Waals surface area contributed by atoms with Crippen LogP contribution < -0.4 is 5.73 Å². The van der Waals surface area contributed by atoms with Crippen LogP contribution >= 0.6 is 15.9 Å². The first kappa shape index (κ1) is 13.8. The van der Waals surface area contributed by atoms with Gasteiger partial charge in [0.05, 0.1) is 0 Å². The van der Waals surface area contributed by atoms with Crippen molar-refractivity contribution in [1.29, 1.82) is 0 Å². The van der Waals surface area contributed by atoms with Crippen molar-refractivity contribution in [3.05, 3.63) is 28.2 Å². The number of nitrogen functional groups attached to an aromatic ring is 1. The molecule has 0 aromatic heterocycles. The van der Waals surface area contributed by atoms with Gasteiger partial charge < -0.3 is 15.5 Å². The van der Waals surface area contributed by atoms with Crippen LogP contribution in [0.4, 0.5) is 5.69 Å². The Balaban J connectivity index is 1.78. The van der Waals surface area contributed by atoms with Crippen molar-refractivity contribution in [3.8, 4) is 0 Å². The lowest BCUT2D eigenvalue weighted by Crippen LogP contribution is -2.31. The van der Waals surface area contributed by atoms with Gasteiger partial charge in [-0.3, -0.25) is 0 Å². The molecule has 1 aliphatic rings. The van der Waals surface area contributed by atoms with Gasteiger partial charge >= 0.3 is 0 Å². The van der Waals surface area contributed by atoms with Gasteiger partial charge in [0.25, 0.3) is 0 Å². The van der Waals surface area contributed by atoms with Gasteiger partial charge in [0.1, 0.15) is 0 Å². The highest BCUT2D eigenvalue weighted by Gasteiger charge is 2.11. The van der Waals surface area contributed by atoms with E-state index in [9.17, 15) is 0 Å². The summed E-state index contributed by atoms with van der Waals surface area (Å²) >= 11 is 3.48. The fourth-order valence-electron chi connectivity index (χ4n) is 2.38.